The van der Waals surface area contributed by atoms with Crippen LogP contribution in [0.3, 0.4) is 0 Å². The Bertz CT molecular complexity index is 380. The van der Waals surface area contributed by atoms with Crippen molar-refractivity contribution in [2.75, 3.05) is 0 Å². The van der Waals surface area contributed by atoms with Crippen LogP contribution in [0.15, 0.2) is 0 Å². The molecule has 0 aromatic carbocycles. The lowest BCUT2D eigenvalue weighted by atomic mass is 9.84. The molecule has 0 aliphatic heterocycles. The van der Waals surface area contributed by atoms with Crippen molar-refractivity contribution < 1.29 is 9.90 Å². The van der Waals surface area contributed by atoms with E-state index < -0.39 is 5.97 Å². The van der Waals surface area contributed by atoms with E-state index in [4.69, 9.17) is 0 Å². The third-order valence-electron chi connectivity index (χ3n) is 7.29. The van der Waals surface area contributed by atoms with Gasteiger partial charge in [0.05, 0.1) is 5.92 Å². The second-order valence-corrected chi connectivity index (χ2v) is 12.5. The predicted molar refractivity (Wildman–Crippen MR) is 142 cm³/mol. The van der Waals surface area contributed by atoms with Crippen LogP contribution in [0.1, 0.15) is 145 Å². The molecule has 0 radical (unpaired) electrons. The zero-order chi connectivity index (χ0) is 24.5. The highest BCUT2D eigenvalue weighted by Gasteiger charge is 2.20. The van der Waals surface area contributed by atoms with Crippen molar-refractivity contribution in [2.24, 2.45) is 41.4 Å². The summed E-state index contributed by atoms with van der Waals surface area (Å²) < 4.78 is 0. The predicted octanol–water partition coefficient (Wildman–Crippen LogP) is 10.0. The molecule has 192 valence electrons. The maximum absolute atomic E-state index is 11.9. The van der Waals surface area contributed by atoms with Gasteiger partial charge in [-0.3, -0.25) is 4.79 Å². The van der Waals surface area contributed by atoms with E-state index in [1.54, 1.807) is 0 Å². The van der Waals surface area contributed by atoms with Crippen LogP contribution in [0.2, 0.25) is 0 Å². The van der Waals surface area contributed by atoms with Crippen LogP contribution in [0, 0.1) is 41.4 Å². The Morgan fingerprint density at radius 3 is 0.969 bits per heavy atom. The highest BCUT2D eigenvalue weighted by molar-refractivity contribution is 5.69. The van der Waals surface area contributed by atoms with Crippen molar-refractivity contribution in [1.29, 1.82) is 0 Å². The highest BCUT2D eigenvalue weighted by atomic mass is 16.4. The number of hydrogen-bond acceptors (Lipinski definition) is 1. The fourth-order valence-corrected chi connectivity index (χ4v) is 4.84. The molecule has 1 N–H and O–H groups in total. The van der Waals surface area contributed by atoms with Crippen molar-refractivity contribution in [3.05, 3.63) is 0 Å². The normalized spacial score (nSPS) is 12.6. The van der Waals surface area contributed by atoms with Gasteiger partial charge in [0.2, 0.25) is 0 Å². The second-order valence-electron chi connectivity index (χ2n) is 12.5. The Labute approximate surface area is 202 Å². The average molecular weight is 453 g/mol. The number of carboxylic acids is 1. The van der Waals surface area contributed by atoms with E-state index in [1.165, 1.54) is 64.2 Å². The van der Waals surface area contributed by atoms with Gasteiger partial charge in [-0.05, 0) is 48.3 Å². The summed E-state index contributed by atoms with van der Waals surface area (Å²) in [4.78, 5) is 11.9. The molecule has 0 fully saturated rings. The van der Waals surface area contributed by atoms with Crippen molar-refractivity contribution in [3.8, 4) is 0 Å². The molecule has 2 heteroatoms. The molecule has 0 atom stereocenters. The first-order valence-electron chi connectivity index (χ1n) is 14.2. The van der Waals surface area contributed by atoms with E-state index in [0.29, 0.717) is 0 Å². The molecule has 0 aliphatic rings. The Hall–Kier alpha value is -0.530. The maximum atomic E-state index is 11.9. The quantitative estimate of drug-likeness (QED) is 0.188. The lowest BCUT2D eigenvalue weighted by Crippen LogP contribution is -2.15. The van der Waals surface area contributed by atoms with Crippen molar-refractivity contribution >= 4 is 5.97 Å². The van der Waals surface area contributed by atoms with Gasteiger partial charge in [-0.15, -0.1) is 0 Å². The number of hydrogen-bond donors (Lipinski definition) is 1. The van der Waals surface area contributed by atoms with Gasteiger partial charge in [0, 0.05) is 0 Å². The molecular weight excluding hydrogens is 392 g/mol. The van der Waals surface area contributed by atoms with Gasteiger partial charge in [0.15, 0.2) is 0 Å². The van der Waals surface area contributed by atoms with Crippen LogP contribution in [0.25, 0.3) is 0 Å². The number of aliphatic carboxylic acids is 1. The Morgan fingerprint density at radius 2 is 0.750 bits per heavy atom. The molecule has 0 heterocycles. The van der Waals surface area contributed by atoms with E-state index in [2.05, 4.69) is 55.4 Å². The average Bonchev–Trinajstić information content (AvgIpc) is 2.68. The minimum absolute atomic E-state index is 0.137. The maximum Gasteiger partial charge on any atom is 0.306 e. The molecule has 0 aliphatic carbocycles. The van der Waals surface area contributed by atoms with Crippen LogP contribution in [-0.2, 0) is 4.79 Å². The van der Waals surface area contributed by atoms with E-state index >= 15 is 0 Å². The molecule has 0 aromatic heterocycles. The summed E-state index contributed by atoms with van der Waals surface area (Å²) in [7, 11) is 0. The summed E-state index contributed by atoms with van der Waals surface area (Å²) in [6.07, 6.45) is 16.8. The molecule has 0 amide bonds. The van der Waals surface area contributed by atoms with E-state index in [-0.39, 0.29) is 5.92 Å². The zero-order valence-corrected chi connectivity index (χ0v) is 23.3. The van der Waals surface area contributed by atoms with Gasteiger partial charge in [0.25, 0.3) is 0 Å². The van der Waals surface area contributed by atoms with E-state index in [0.717, 1.165) is 61.2 Å². The van der Waals surface area contributed by atoms with Crippen molar-refractivity contribution in [2.45, 2.75) is 145 Å². The molecule has 0 bridgehead atoms. The summed E-state index contributed by atoms with van der Waals surface area (Å²) >= 11 is 0. The van der Waals surface area contributed by atoms with E-state index in [1.807, 2.05) is 0 Å². The molecule has 2 nitrogen and oxygen atoms in total. The monoisotopic (exact) mass is 452 g/mol. The molecular formula is C30H60O2. The van der Waals surface area contributed by atoms with Gasteiger partial charge < -0.3 is 5.11 Å². The first kappa shape index (κ1) is 31.5. The SMILES string of the molecule is CC(C)CCC(CCCC(CCCC(CCC(C)C)CCC(C)C)C(=O)O)CCC(C)C. The van der Waals surface area contributed by atoms with Gasteiger partial charge in [-0.2, -0.15) is 0 Å². The minimum Gasteiger partial charge on any atom is -0.481 e. The summed E-state index contributed by atoms with van der Waals surface area (Å²) in [5, 5.41) is 9.81. The molecule has 0 saturated heterocycles. The molecule has 0 unspecified atom stereocenters. The number of rotatable bonds is 21. The lowest BCUT2D eigenvalue weighted by Gasteiger charge is -2.21. The third kappa shape index (κ3) is 19.0. The summed E-state index contributed by atoms with van der Waals surface area (Å²) in [5.41, 5.74) is 0. The third-order valence-corrected chi connectivity index (χ3v) is 7.29. The second kappa shape index (κ2) is 18.8. The molecule has 32 heavy (non-hydrogen) atoms. The fourth-order valence-electron chi connectivity index (χ4n) is 4.84. The molecule has 0 saturated carbocycles. The molecule has 0 spiro atoms. The summed E-state index contributed by atoms with van der Waals surface area (Å²) in [6, 6.07) is 0. The largest absolute Gasteiger partial charge is 0.481 e. The van der Waals surface area contributed by atoms with Crippen LogP contribution in [-0.4, -0.2) is 11.1 Å². The standard InChI is InChI=1S/C30H60O2/c1-23(2)15-19-27(20-16-24(3)4)11-9-13-29(30(31)32)14-10-12-28(21-17-25(5)6)22-18-26(7)8/h23-29H,9-22H2,1-8H3,(H,31,32). The first-order chi connectivity index (χ1) is 15.0. The van der Waals surface area contributed by atoms with Gasteiger partial charge in [-0.25, -0.2) is 0 Å². The number of carbonyl (C=O) groups is 1. The van der Waals surface area contributed by atoms with Crippen molar-refractivity contribution in [3.63, 3.8) is 0 Å². The fraction of sp³-hybridized carbons (Fsp3) is 0.967. The smallest absolute Gasteiger partial charge is 0.306 e. The number of carboxylic acid groups (broad SMARTS) is 1. The van der Waals surface area contributed by atoms with Gasteiger partial charge in [0.1, 0.15) is 0 Å². The molecule has 0 aromatic rings. The Morgan fingerprint density at radius 1 is 0.469 bits per heavy atom. The Balaban J connectivity index is 4.52. The van der Waals surface area contributed by atoms with Gasteiger partial charge >= 0.3 is 5.97 Å². The zero-order valence-electron chi connectivity index (χ0n) is 23.3. The van der Waals surface area contributed by atoms with Crippen LogP contribution >= 0.6 is 0 Å². The van der Waals surface area contributed by atoms with Crippen molar-refractivity contribution in [1.82, 2.24) is 0 Å². The van der Waals surface area contributed by atoms with Crippen LogP contribution in [0.5, 0.6) is 0 Å². The lowest BCUT2D eigenvalue weighted by molar-refractivity contribution is -0.142. The molecule has 0 rings (SSSR count). The van der Waals surface area contributed by atoms with Crippen LogP contribution in [0.4, 0.5) is 0 Å². The van der Waals surface area contributed by atoms with E-state index in [9.17, 15) is 9.90 Å². The highest BCUT2D eigenvalue weighted by Crippen LogP contribution is 2.29. The topological polar surface area (TPSA) is 37.3 Å². The first-order valence-corrected chi connectivity index (χ1v) is 14.2. The minimum atomic E-state index is -0.563. The summed E-state index contributed by atoms with van der Waals surface area (Å²) in [5.74, 6) is 3.93. The summed E-state index contributed by atoms with van der Waals surface area (Å²) in [6.45, 7) is 18.5. The Kier molecular flexibility index (Phi) is 18.5. The van der Waals surface area contributed by atoms with Gasteiger partial charge in [-0.1, -0.05) is 132 Å². The van der Waals surface area contributed by atoms with Crippen LogP contribution < -0.4 is 0 Å².